The van der Waals surface area contributed by atoms with Crippen LogP contribution in [0, 0.1) is 0 Å². The molecule has 0 bridgehead atoms. The van der Waals surface area contributed by atoms with E-state index in [2.05, 4.69) is 0 Å². The lowest BCUT2D eigenvalue weighted by molar-refractivity contribution is 0.0712. The van der Waals surface area contributed by atoms with Gasteiger partial charge in [-0.1, -0.05) is 42.5 Å². The summed E-state index contributed by atoms with van der Waals surface area (Å²) in [4.78, 5) is 12.7. The summed E-state index contributed by atoms with van der Waals surface area (Å²) in [6.45, 7) is 7.42. The van der Waals surface area contributed by atoms with Gasteiger partial charge in [0, 0.05) is 31.4 Å². The van der Waals surface area contributed by atoms with Crippen molar-refractivity contribution in [2.75, 3.05) is 25.6 Å². The molecule has 0 aliphatic rings. The van der Waals surface area contributed by atoms with E-state index < -0.39 is 19.7 Å². The summed E-state index contributed by atoms with van der Waals surface area (Å²) >= 11 is 5.16. The second-order valence-corrected chi connectivity index (χ2v) is 10.9. The fraction of sp³-hybridized carbons (Fsp3) is 0.529. The zero-order chi connectivity index (χ0) is 18.7. The topological polar surface area (TPSA) is 70.8 Å². The second-order valence-electron chi connectivity index (χ2n) is 5.25. The van der Waals surface area contributed by atoms with Gasteiger partial charge in [0.05, 0.1) is 0 Å². The zero-order valence-electron chi connectivity index (χ0n) is 15.2. The van der Waals surface area contributed by atoms with Gasteiger partial charge in [-0.25, -0.2) is 0 Å². The number of carbonyl (C=O) groups is 1. The number of thiol groups is 1. The van der Waals surface area contributed by atoms with Crippen LogP contribution in [0.25, 0.3) is 0 Å². The van der Waals surface area contributed by atoms with Crippen LogP contribution in [0.5, 0.6) is 0 Å². The highest BCUT2D eigenvalue weighted by Crippen LogP contribution is 2.33. The molecule has 8 heteroatoms. The minimum absolute atomic E-state index is 0.0274. The molecule has 2 N–H and O–H groups in total. The van der Waals surface area contributed by atoms with E-state index in [-0.39, 0.29) is 5.12 Å². The van der Waals surface area contributed by atoms with Crippen LogP contribution < -0.4 is 5.73 Å². The number of hydrogen-bond donors (Lipinski definition) is 2. The molecular weight excluding hydrogens is 374 g/mol. The molecule has 1 unspecified atom stereocenters. The molecule has 1 atom stereocenters. The Balaban J connectivity index is 2.76. The van der Waals surface area contributed by atoms with Crippen LogP contribution in [0.3, 0.4) is 0 Å². The molecule has 0 aliphatic carbocycles. The Hall–Kier alpha value is -0.773. The van der Waals surface area contributed by atoms with Gasteiger partial charge in [0.2, 0.25) is 5.12 Å². The van der Waals surface area contributed by atoms with Crippen LogP contribution in [0.2, 0.25) is 6.04 Å². The normalized spacial score (nSPS) is 13.5. The van der Waals surface area contributed by atoms with E-state index in [0.29, 0.717) is 41.5 Å². The first kappa shape index (κ1) is 22.3. The number of rotatable bonds is 11. The third-order valence-electron chi connectivity index (χ3n) is 3.49. The standard InChI is InChI=1S/C17H29NO4S2Si/c1-4-20-25(21-5-2,22-6-3)14-10-13-24(17(18)23)16(19)15-11-8-7-9-12-15/h7-9,11-12,24H,4-6,10,13-14H2,1-3H3,(H2,18,23). The van der Waals surface area contributed by atoms with Gasteiger partial charge in [0.15, 0.2) is 0 Å². The highest BCUT2D eigenvalue weighted by molar-refractivity contribution is 8.46. The molecule has 25 heavy (non-hydrogen) atoms. The predicted molar refractivity (Wildman–Crippen MR) is 111 cm³/mol. The van der Waals surface area contributed by atoms with Gasteiger partial charge in [-0.2, -0.15) is 0 Å². The van der Waals surface area contributed by atoms with Crippen LogP contribution >= 0.6 is 23.1 Å². The minimum Gasteiger partial charge on any atom is -0.386 e. The van der Waals surface area contributed by atoms with Crippen LogP contribution in [-0.4, -0.2) is 43.8 Å². The Morgan fingerprint density at radius 3 is 2.04 bits per heavy atom. The quantitative estimate of drug-likeness (QED) is 0.335. The first-order valence-electron chi connectivity index (χ1n) is 8.57. The minimum atomic E-state index is -2.70. The summed E-state index contributed by atoms with van der Waals surface area (Å²) in [5.41, 5.74) is 6.51. The molecule has 0 amide bonds. The van der Waals surface area contributed by atoms with E-state index >= 15 is 0 Å². The third-order valence-corrected chi connectivity index (χ3v) is 9.35. The van der Waals surface area contributed by atoms with E-state index in [1.54, 1.807) is 12.1 Å². The van der Waals surface area contributed by atoms with E-state index in [1.165, 1.54) is 0 Å². The number of benzene rings is 1. The maximum atomic E-state index is 12.7. The summed E-state index contributed by atoms with van der Waals surface area (Å²) < 4.78 is 17.8. The van der Waals surface area contributed by atoms with Crippen molar-refractivity contribution in [3.63, 3.8) is 0 Å². The molecule has 1 aromatic carbocycles. The maximum Gasteiger partial charge on any atom is 0.500 e. The van der Waals surface area contributed by atoms with Crippen molar-refractivity contribution in [3.8, 4) is 0 Å². The molecular formula is C17H29NO4S2Si. The van der Waals surface area contributed by atoms with Gasteiger partial charge in [-0.3, -0.25) is 4.79 Å². The molecule has 0 saturated heterocycles. The van der Waals surface area contributed by atoms with Crippen molar-refractivity contribution in [2.24, 2.45) is 5.73 Å². The van der Waals surface area contributed by atoms with Crippen molar-refractivity contribution < 1.29 is 18.1 Å². The SMILES string of the molecule is CCO[Si](CCC[SH](C(=O)c1ccccc1)C(N)=S)(OCC)OCC. The first-order chi connectivity index (χ1) is 12.0. The Morgan fingerprint density at radius 1 is 1.08 bits per heavy atom. The van der Waals surface area contributed by atoms with Gasteiger partial charge >= 0.3 is 8.80 Å². The summed E-state index contributed by atoms with van der Waals surface area (Å²) in [7, 11) is -3.91. The fourth-order valence-corrected chi connectivity index (χ4v) is 7.49. The predicted octanol–water partition coefficient (Wildman–Crippen LogP) is 3.51. The van der Waals surface area contributed by atoms with Gasteiger partial charge in [-0.05, 0) is 32.9 Å². The monoisotopic (exact) mass is 403 g/mol. The lowest BCUT2D eigenvalue weighted by Crippen LogP contribution is -2.46. The summed E-state index contributed by atoms with van der Waals surface area (Å²) in [6.07, 6.45) is 0.730. The number of nitrogens with two attached hydrogens (primary N) is 1. The third kappa shape index (κ3) is 7.16. The molecule has 0 aliphatic heterocycles. The lowest BCUT2D eigenvalue weighted by atomic mass is 10.2. The summed E-state index contributed by atoms with van der Waals surface area (Å²) in [5, 5.41) is 0.0274. The van der Waals surface area contributed by atoms with E-state index in [0.717, 1.165) is 6.42 Å². The molecule has 0 heterocycles. The Bertz CT molecular complexity index is 528. The summed E-state index contributed by atoms with van der Waals surface area (Å²) in [5.74, 6) is 0.625. The Morgan fingerprint density at radius 2 is 1.60 bits per heavy atom. The first-order valence-corrected chi connectivity index (χ1v) is 12.4. The highest BCUT2D eigenvalue weighted by atomic mass is 32.2. The molecule has 142 valence electrons. The molecule has 1 aromatic rings. The van der Waals surface area contributed by atoms with Crippen LogP contribution in [0.15, 0.2) is 30.3 Å². The Labute approximate surface area is 159 Å². The number of carbonyl (C=O) groups excluding carboxylic acids is 1. The van der Waals surface area contributed by atoms with Crippen LogP contribution in [0.4, 0.5) is 0 Å². The van der Waals surface area contributed by atoms with Crippen molar-refractivity contribution in [3.05, 3.63) is 35.9 Å². The highest BCUT2D eigenvalue weighted by Gasteiger charge is 2.40. The van der Waals surface area contributed by atoms with E-state index in [9.17, 15) is 4.79 Å². The Kier molecular flexibility index (Phi) is 10.5. The molecule has 0 radical (unpaired) electrons. The van der Waals surface area contributed by atoms with Gasteiger partial charge in [0.1, 0.15) is 4.32 Å². The van der Waals surface area contributed by atoms with E-state index in [4.69, 9.17) is 31.2 Å². The van der Waals surface area contributed by atoms with E-state index in [1.807, 2.05) is 39.0 Å². The van der Waals surface area contributed by atoms with Gasteiger partial charge in [-0.15, -0.1) is 10.9 Å². The maximum absolute atomic E-state index is 12.7. The lowest BCUT2D eigenvalue weighted by Gasteiger charge is -2.29. The van der Waals surface area contributed by atoms with Gasteiger partial charge in [0.25, 0.3) is 0 Å². The molecule has 0 fully saturated rings. The fourth-order valence-electron chi connectivity index (χ4n) is 2.50. The zero-order valence-corrected chi connectivity index (χ0v) is 17.9. The van der Waals surface area contributed by atoms with Crippen LogP contribution in [0.1, 0.15) is 37.6 Å². The molecule has 0 aromatic heterocycles. The van der Waals surface area contributed by atoms with Crippen molar-refractivity contribution in [1.29, 1.82) is 0 Å². The number of thiocarbonyl (C=S) groups is 1. The molecule has 0 saturated carbocycles. The van der Waals surface area contributed by atoms with Crippen molar-refractivity contribution in [2.45, 2.75) is 33.2 Å². The molecule has 0 spiro atoms. The molecule has 5 nitrogen and oxygen atoms in total. The smallest absolute Gasteiger partial charge is 0.386 e. The average Bonchev–Trinajstić information content (AvgIpc) is 2.59. The number of hydrogen-bond acceptors (Lipinski definition) is 5. The van der Waals surface area contributed by atoms with Crippen LogP contribution in [-0.2, 0) is 13.3 Å². The average molecular weight is 404 g/mol. The summed E-state index contributed by atoms with van der Waals surface area (Å²) in [6, 6.07) is 9.83. The van der Waals surface area contributed by atoms with Gasteiger partial charge < -0.3 is 19.0 Å². The van der Waals surface area contributed by atoms with Crippen molar-refractivity contribution in [1.82, 2.24) is 0 Å². The molecule has 1 rings (SSSR count). The second kappa shape index (κ2) is 11.8. The van der Waals surface area contributed by atoms with Crippen molar-refractivity contribution >= 4 is 41.4 Å². The largest absolute Gasteiger partial charge is 0.500 e.